The van der Waals surface area contributed by atoms with Gasteiger partial charge in [0.2, 0.25) is 0 Å². The summed E-state index contributed by atoms with van der Waals surface area (Å²) in [5.74, 6) is 0. The molecule has 0 saturated heterocycles. The van der Waals surface area contributed by atoms with Crippen LogP contribution in [0.15, 0.2) is 18.2 Å². The Morgan fingerprint density at radius 3 is 2.36 bits per heavy atom. The van der Waals surface area contributed by atoms with Gasteiger partial charge in [-0.15, -0.1) is 24.0 Å². The van der Waals surface area contributed by atoms with E-state index in [-0.39, 0.29) is 23.9 Å². The summed E-state index contributed by atoms with van der Waals surface area (Å²) in [5.41, 5.74) is 2.30. The van der Waals surface area contributed by atoms with Gasteiger partial charge >= 0.3 is 0 Å². The molecule has 62 valence electrons. The Kier molecular flexibility index (Phi) is 3.65. The van der Waals surface area contributed by atoms with Crippen molar-refractivity contribution in [1.82, 2.24) is 6.15 Å². The van der Waals surface area contributed by atoms with E-state index in [1.807, 2.05) is 18.2 Å². The molecule has 1 aromatic rings. The number of hydrogen-bond donors (Lipinski definition) is 1. The van der Waals surface area contributed by atoms with Crippen LogP contribution in [0, 0.1) is 0 Å². The Morgan fingerprint density at radius 2 is 1.91 bits per heavy atom. The molecule has 0 heterocycles. The van der Waals surface area contributed by atoms with Gasteiger partial charge in [0.15, 0.2) is 0 Å². The monoisotopic (exact) mass is 211 g/mol. The first-order valence-electron chi connectivity index (χ1n) is 2.73. The van der Waals surface area contributed by atoms with Crippen LogP contribution in [0.25, 0.3) is 0 Å². The molecule has 0 amide bonds. The van der Waals surface area contributed by atoms with E-state index < -0.39 is 0 Å². The first kappa shape index (κ1) is 11.1. The third-order valence-electron chi connectivity index (χ3n) is 1.53. The number of halogens is 3. The van der Waals surface area contributed by atoms with Crippen molar-refractivity contribution in [2.75, 3.05) is 0 Å². The molecule has 0 spiro atoms. The van der Waals surface area contributed by atoms with Crippen molar-refractivity contribution in [1.29, 1.82) is 0 Å². The van der Waals surface area contributed by atoms with Crippen molar-refractivity contribution >= 4 is 35.6 Å². The number of hydrogen-bond acceptors (Lipinski definition) is 1. The van der Waals surface area contributed by atoms with Crippen LogP contribution in [0.2, 0.25) is 5.02 Å². The van der Waals surface area contributed by atoms with E-state index in [4.69, 9.17) is 23.2 Å². The molecule has 0 aliphatic heterocycles. The quantitative estimate of drug-likeness (QED) is 0.656. The standard InChI is InChI=1S/C7H4Cl2.ClH.H3N/c8-5-3-1-2-4-6(5)7(4)9;;/h1-3,7H;1H;1H3. The second-order valence-electron chi connectivity index (χ2n) is 2.11. The Morgan fingerprint density at radius 1 is 1.27 bits per heavy atom. The highest BCUT2D eigenvalue weighted by atomic mass is 35.5. The van der Waals surface area contributed by atoms with Crippen LogP contribution in [-0.2, 0) is 0 Å². The zero-order valence-corrected chi connectivity index (χ0v) is 8.01. The van der Waals surface area contributed by atoms with Gasteiger partial charge in [-0.25, -0.2) is 0 Å². The molecular weight excluding hydrogens is 204 g/mol. The van der Waals surface area contributed by atoms with Gasteiger partial charge in [-0.05, 0) is 17.2 Å². The first-order chi connectivity index (χ1) is 4.30. The zero-order valence-electron chi connectivity index (χ0n) is 5.68. The van der Waals surface area contributed by atoms with Crippen LogP contribution >= 0.6 is 35.6 Å². The topological polar surface area (TPSA) is 35.0 Å². The van der Waals surface area contributed by atoms with Gasteiger partial charge < -0.3 is 6.15 Å². The molecule has 1 aromatic carbocycles. The SMILES string of the molecule is Cl.Clc1cccc2c1C2Cl.N. The lowest BCUT2D eigenvalue weighted by Crippen LogP contribution is -1.56. The molecule has 3 N–H and O–H groups in total. The van der Waals surface area contributed by atoms with Crippen molar-refractivity contribution in [3.05, 3.63) is 34.3 Å². The molecule has 2 rings (SSSR count). The van der Waals surface area contributed by atoms with Gasteiger partial charge in [0, 0.05) is 5.02 Å². The lowest BCUT2D eigenvalue weighted by molar-refractivity contribution is 1.51. The van der Waals surface area contributed by atoms with Crippen LogP contribution in [0.3, 0.4) is 0 Å². The fourth-order valence-corrected chi connectivity index (χ4v) is 1.69. The molecule has 1 nitrogen and oxygen atoms in total. The molecule has 0 radical (unpaired) electrons. The van der Waals surface area contributed by atoms with E-state index in [0.717, 1.165) is 10.6 Å². The maximum absolute atomic E-state index is 5.80. The average Bonchev–Trinajstić information content (AvgIpc) is 2.45. The smallest absolute Gasteiger partial charge is 0.0856 e. The molecule has 1 atom stereocenters. The van der Waals surface area contributed by atoms with Gasteiger partial charge in [0.05, 0.1) is 5.38 Å². The summed E-state index contributed by atoms with van der Waals surface area (Å²) in [7, 11) is 0. The van der Waals surface area contributed by atoms with Crippen molar-refractivity contribution in [2.45, 2.75) is 5.38 Å². The van der Waals surface area contributed by atoms with E-state index >= 15 is 0 Å². The summed E-state index contributed by atoms with van der Waals surface area (Å²) in [6.07, 6.45) is 0. The average molecular weight is 213 g/mol. The molecule has 0 bridgehead atoms. The minimum absolute atomic E-state index is 0. The van der Waals surface area contributed by atoms with Gasteiger partial charge in [-0.3, -0.25) is 0 Å². The fourth-order valence-electron chi connectivity index (χ4n) is 0.969. The lowest BCUT2D eigenvalue weighted by atomic mass is 10.4. The molecule has 4 heteroatoms. The second kappa shape index (κ2) is 3.63. The predicted molar refractivity (Wildman–Crippen MR) is 51.4 cm³/mol. The maximum atomic E-state index is 5.80. The number of fused-ring (bicyclic) bond motifs is 1. The third kappa shape index (κ3) is 1.62. The van der Waals surface area contributed by atoms with Crippen LogP contribution in [-0.4, -0.2) is 0 Å². The fraction of sp³-hybridized carbons (Fsp3) is 0.143. The van der Waals surface area contributed by atoms with Crippen molar-refractivity contribution in [3.8, 4) is 0 Å². The van der Waals surface area contributed by atoms with Crippen LogP contribution in [0.5, 0.6) is 0 Å². The Hall–Kier alpha value is 0.0500. The maximum Gasteiger partial charge on any atom is 0.0856 e. The molecule has 1 aliphatic rings. The zero-order chi connectivity index (χ0) is 6.43. The Labute approximate surface area is 81.7 Å². The van der Waals surface area contributed by atoms with Gasteiger partial charge in [0.1, 0.15) is 0 Å². The summed E-state index contributed by atoms with van der Waals surface area (Å²) in [5, 5.41) is 0.903. The minimum Gasteiger partial charge on any atom is -0.344 e. The largest absolute Gasteiger partial charge is 0.344 e. The van der Waals surface area contributed by atoms with Crippen LogP contribution in [0.1, 0.15) is 16.5 Å². The lowest BCUT2D eigenvalue weighted by Gasteiger charge is -1.79. The summed E-state index contributed by atoms with van der Waals surface area (Å²) in [4.78, 5) is 0. The van der Waals surface area contributed by atoms with Crippen LogP contribution in [0.4, 0.5) is 0 Å². The number of benzene rings is 1. The van der Waals surface area contributed by atoms with Gasteiger partial charge in [0.25, 0.3) is 0 Å². The summed E-state index contributed by atoms with van der Waals surface area (Å²) in [6, 6.07) is 5.78. The highest BCUT2D eigenvalue weighted by Gasteiger charge is 2.32. The highest BCUT2D eigenvalue weighted by molar-refractivity contribution is 6.35. The highest BCUT2D eigenvalue weighted by Crippen LogP contribution is 2.50. The molecule has 1 aliphatic carbocycles. The van der Waals surface area contributed by atoms with Gasteiger partial charge in [-0.2, -0.15) is 0 Å². The van der Waals surface area contributed by atoms with Gasteiger partial charge in [-0.1, -0.05) is 23.7 Å². The molecule has 0 aromatic heterocycles. The van der Waals surface area contributed by atoms with E-state index in [0.29, 0.717) is 0 Å². The molecule has 11 heavy (non-hydrogen) atoms. The summed E-state index contributed by atoms with van der Waals surface area (Å²) in [6.45, 7) is 0. The molecule has 1 unspecified atom stereocenters. The number of alkyl halides is 1. The van der Waals surface area contributed by atoms with E-state index in [1.54, 1.807) is 0 Å². The second-order valence-corrected chi connectivity index (χ2v) is 2.95. The first-order valence-corrected chi connectivity index (χ1v) is 3.54. The Bertz CT molecular complexity index is 262. The van der Waals surface area contributed by atoms with Crippen molar-refractivity contribution < 1.29 is 0 Å². The van der Waals surface area contributed by atoms with E-state index in [2.05, 4.69) is 0 Å². The summed E-state index contributed by atoms with van der Waals surface area (Å²) < 4.78 is 0. The molecule has 0 saturated carbocycles. The van der Waals surface area contributed by atoms with E-state index in [9.17, 15) is 0 Å². The van der Waals surface area contributed by atoms with Crippen molar-refractivity contribution in [3.63, 3.8) is 0 Å². The third-order valence-corrected chi connectivity index (χ3v) is 2.31. The predicted octanol–water partition coefficient (Wildman–Crippen LogP) is 3.57. The summed E-state index contributed by atoms with van der Waals surface area (Å²) >= 11 is 11.6. The van der Waals surface area contributed by atoms with Crippen LogP contribution < -0.4 is 6.15 Å². The van der Waals surface area contributed by atoms with Crippen molar-refractivity contribution in [2.24, 2.45) is 0 Å². The minimum atomic E-state index is 0. The normalized spacial score (nSPS) is 17.5. The van der Waals surface area contributed by atoms with E-state index in [1.165, 1.54) is 5.56 Å². The molecule has 0 fully saturated rings. The molecular formula is C7H8Cl3N. The Balaban J connectivity index is 0.000000500. The number of rotatable bonds is 0.